The molecule has 6 nitrogen and oxygen atoms in total. The van der Waals surface area contributed by atoms with Crippen LogP contribution in [0.15, 0.2) is 4.52 Å². The van der Waals surface area contributed by atoms with E-state index in [1.54, 1.807) is 6.92 Å². The van der Waals surface area contributed by atoms with E-state index in [0.717, 1.165) is 37.1 Å². The fourth-order valence-corrected chi connectivity index (χ4v) is 3.62. The van der Waals surface area contributed by atoms with Gasteiger partial charge in [-0.2, -0.15) is 0 Å². The molecule has 2 N–H and O–H groups in total. The first-order valence-corrected chi connectivity index (χ1v) is 8.25. The van der Waals surface area contributed by atoms with Crippen molar-refractivity contribution in [3.8, 4) is 0 Å². The van der Waals surface area contributed by atoms with Crippen LogP contribution in [0.3, 0.4) is 0 Å². The lowest BCUT2D eigenvalue weighted by atomic mass is 10.1. The summed E-state index contributed by atoms with van der Waals surface area (Å²) in [6, 6.07) is 0.0657. The Kier molecular flexibility index (Phi) is 4.59. The average molecular weight is 287 g/mol. The van der Waals surface area contributed by atoms with E-state index in [4.69, 9.17) is 4.52 Å². The molecule has 7 heteroatoms. The molecule has 0 bridgehead atoms. The maximum Gasteiger partial charge on any atom is 0.213 e. The van der Waals surface area contributed by atoms with Crippen molar-refractivity contribution in [1.29, 1.82) is 0 Å². The van der Waals surface area contributed by atoms with E-state index < -0.39 is 10.0 Å². The summed E-state index contributed by atoms with van der Waals surface area (Å²) >= 11 is 0. The zero-order chi connectivity index (χ0) is 13.9. The van der Waals surface area contributed by atoms with Gasteiger partial charge in [0.1, 0.15) is 5.76 Å². The van der Waals surface area contributed by atoms with Crippen LogP contribution in [0, 0.1) is 13.8 Å². The number of piperidine rings is 1. The SMILES string of the molecule is Cc1noc(C)c1CNS(=O)(=O)CC1CCCCN1. The summed E-state index contributed by atoms with van der Waals surface area (Å²) < 4.78 is 31.7. The molecule has 1 saturated heterocycles. The van der Waals surface area contributed by atoms with Gasteiger partial charge in [0.05, 0.1) is 11.4 Å². The van der Waals surface area contributed by atoms with Crippen LogP contribution in [0.25, 0.3) is 0 Å². The Morgan fingerprint density at radius 3 is 2.79 bits per heavy atom. The number of hydrogen-bond acceptors (Lipinski definition) is 5. The Balaban J connectivity index is 1.90. The molecule has 0 amide bonds. The molecule has 0 saturated carbocycles. The van der Waals surface area contributed by atoms with Crippen LogP contribution in [0.2, 0.25) is 0 Å². The number of nitrogens with zero attached hydrogens (tertiary/aromatic N) is 1. The molecule has 1 atom stereocenters. The van der Waals surface area contributed by atoms with Gasteiger partial charge in [0.2, 0.25) is 10.0 Å². The van der Waals surface area contributed by atoms with E-state index in [9.17, 15) is 8.42 Å². The van der Waals surface area contributed by atoms with Gasteiger partial charge in [0.25, 0.3) is 0 Å². The molecule has 1 aromatic heterocycles. The zero-order valence-electron chi connectivity index (χ0n) is 11.4. The number of sulfonamides is 1. The van der Waals surface area contributed by atoms with Crippen LogP contribution in [-0.4, -0.2) is 31.9 Å². The Bertz CT molecular complexity index is 499. The van der Waals surface area contributed by atoms with Crippen molar-refractivity contribution in [1.82, 2.24) is 15.2 Å². The molecule has 1 aliphatic heterocycles. The second-order valence-corrected chi connectivity index (χ2v) is 6.90. The van der Waals surface area contributed by atoms with Crippen LogP contribution >= 0.6 is 0 Å². The lowest BCUT2D eigenvalue weighted by Gasteiger charge is -2.23. The molecule has 19 heavy (non-hydrogen) atoms. The van der Waals surface area contributed by atoms with E-state index in [0.29, 0.717) is 5.76 Å². The quantitative estimate of drug-likeness (QED) is 0.839. The molecule has 1 unspecified atom stereocenters. The average Bonchev–Trinajstić information content (AvgIpc) is 2.67. The van der Waals surface area contributed by atoms with Gasteiger partial charge in [-0.15, -0.1) is 0 Å². The molecule has 1 aromatic rings. The van der Waals surface area contributed by atoms with E-state index in [1.807, 2.05) is 6.92 Å². The fourth-order valence-electron chi connectivity index (χ4n) is 2.33. The number of nitrogens with one attached hydrogen (secondary N) is 2. The fraction of sp³-hybridized carbons (Fsp3) is 0.750. The highest BCUT2D eigenvalue weighted by molar-refractivity contribution is 7.89. The first-order valence-electron chi connectivity index (χ1n) is 6.60. The van der Waals surface area contributed by atoms with Crippen molar-refractivity contribution < 1.29 is 12.9 Å². The summed E-state index contributed by atoms with van der Waals surface area (Å²) in [4.78, 5) is 0. The molecule has 0 aromatic carbocycles. The Labute approximate surface area is 114 Å². The minimum absolute atomic E-state index is 0.0657. The summed E-state index contributed by atoms with van der Waals surface area (Å²) in [5.41, 5.74) is 1.55. The van der Waals surface area contributed by atoms with Crippen LogP contribution in [0.5, 0.6) is 0 Å². The van der Waals surface area contributed by atoms with Gasteiger partial charge in [-0.1, -0.05) is 11.6 Å². The largest absolute Gasteiger partial charge is 0.361 e. The number of aryl methyl sites for hydroxylation is 2. The van der Waals surface area contributed by atoms with Gasteiger partial charge in [-0.05, 0) is 33.2 Å². The number of hydrogen-bond donors (Lipinski definition) is 2. The second-order valence-electron chi connectivity index (χ2n) is 5.05. The first-order chi connectivity index (χ1) is 8.98. The van der Waals surface area contributed by atoms with Gasteiger partial charge < -0.3 is 9.84 Å². The molecule has 0 aliphatic carbocycles. The smallest absolute Gasteiger partial charge is 0.213 e. The van der Waals surface area contributed by atoms with Crippen LogP contribution in [0.1, 0.15) is 36.3 Å². The van der Waals surface area contributed by atoms with Crippen molar-refractivity contribution in [2.75, 3.05) is 12.3 Å². The van der Waals surface area contributed by atoms with Gasteiger partial charge in [0, 0.05) is 18.2 Å². The van der Waals surface area contributed by atoms with Crippen molar-refractivity contribution in [2.24, 2.45) is 0 Å². The molecular formula is C12H21N3O3S. The van der Waals surface area contributed by atoms with E-state index in [2.05, 4.69) is 15.2 Å². The Hall–Kier alpha value is -0.920. The van der Waals surface area contributed by atoms with Crippen LogP contribution in [-0.2, 0) is 16.6 Å². The monoisotopic (exact) mass is 287 g/mol. The molecular weight excluding hydrogens is 266 g/mol. The Morgan fingerprint density at radius 2 is 2.21 bits per heavy atom. The summed E-state index contributed by atoms with van der Waals surface area (Å²) in [7, 11) is -3.27. The van der Waals surface area contributed by atoms with E-state index in [-0.39, 0.29) is 18.3 Å². The van der Waals surface area contributed by atoms with Crippen molar-refractivity contribution in [2.45, 2.75) is 45.7 Å². The summed E-state index contributed by atoms with van der Waals surface area (Å²) in [5, 5.41) is 7.05. The molecule has 0 radical (unpaired) electrons. The highest BCUT2D eigenvalue weighted by atomic mass is 32.2. The van der Waals surface area contributed by atoms with E-state index >= 15 is 0 Å². The summed E-state index contributed by atoms with van der Waals surface area (Å²) in [5.74, 6) is 0.798. The minimum atomic E-state index is -3.27. The first kappa shape index (κ1) is 14.5. The number of rotatable bonds is 5. The van der Waals surface area contributed by atoms with Crippen LogP contribution < -0.4 is 10.0 Å². The zero-order valence-corrected chi connectivity index (χ0v) is 12.2. The minimum Gasteiger partial charge on any atom is -0.361 e. The molecule has 2 rings (SSSR count). The van der Waals surface area contributed by atoms with E-state index in [1.165, 1.54) is 0 Å². The lowest BCUT2D eigenvalue weighted by molar-refractivity contribution is 0.392. The highest BCUT2D eigenvalue weighted by Crippen LogP contribution is 2.13. The summed E-state index contributed by atoms with van der Waals surface area (Å²) in [6.45, 7) is 4.75. The maximum atomic E-state index is 12.0. The molecule has 2 heterocycles. The molecule has 1 aliphatic rings. The molecule has 0 spiro atoms. The molecule has 108 valence electrons. The second kappa shape index (κ2) is 6.02. The maximum absolute atomic E-state index is 12.0. The van der Waals surface area contributed by atoms with Crippen molar-refractivity contribution in [3.05, 3.63) is 17.0 Å². The van der Waals surface area contributed by atoms with Gasteiger partial charge in [-0.3, -0.25) is 0 Å². The van der Waals surface area contributed by atoms with Gasteiger partial charge >= 0.3 is 0 Å². The molecule has 1 fully saturated rings. The third-order valence-electron chi connectivity index (χ3n) is 3.48. The van der Waals surface area contributed by atoms with Crippen molar-refractivity contribution >= 4 is 10.0 Å². The highest BCUT2D eigenvalue weighted by Gasteiger charge is 2.21. The predicted molar refractivity (Wildman–Crippen MR) is 72.2 cm³/mol. The third-order valence-corrected chi connectivity index (χ3v) is 4.91. The predicted octanol–water partition coefficient (Wildman–Crippen LogP) is 0.853. The van der Waals surface area contributed by atoms with Crippen LogP contribution in [0.4, 0.5) is 0 Å². The number of aromatic nitrogens is 1. The standard InChI is InChI=1S/C12H21N3O3S/c1-9-12(10(2)18-15-9)7-14-19(16,17)8-11-5-3-4-6-13-11/h11,13-14H,3-8H2,1-2H3. The lowest BCUT2D eigenvalue weighted by Crippen LogP contribution is -2.42. The third kappa shape index (κ3) is 4.02. The Morgan fingerprint density at radius 1 is 1.42 bits per heavy atom. The van der Waals surface area contributed by atoms with Gasteiger partial charge in [0.15, 0.2) is 0 Å². The normalized spacial score (nSPS) is 20.6. The van der Waals surface area contributed by atoms with Gasteiger partial charge in [-0.25, -0.2) is 13.1 Å². The topological polar surface area (TPSA) is 84.2 Å². The van der Waals surface area contributed by atoms with Crippen molar-refractivity contribution in [3.63, 3.8) is 0 Å². The summed E-state index contributed by atoms with van der Waals surface area (Å²) in [6.07, 6.45) is 3.15.